The summed E-state index contributed by atoms with van der Waals surface area (Å²) < 4.78 is 0. The Kier molecular flexibility index (Phi) is 4.07. The summed E-state index contributed by atoms with van der Waals surface area (Å²) in [6.45, 7) is 4.25. The van der Waals surface area contributed by atoms with Crippen molar-refractivity contribution in [3.8, 4) is 0 Å². The Labute approximate surface area is 127 Å². The van der Waals surface area contributed by atoms with Gasteiger partial charge in [-0.3, -0.25) is 4.98 Å². The summed E-state index contributed by atoms with van der Waals surface area (Å²) in [6.07, 6.45) is 6.78. The molecule has 1 heterocycles. The van der Waals surface area contributed by atoms with Crippen LogP contribution in [0.5, 0.6) is 0 Å². The van der Waals surface area contributed by atoms with Crippen molar-refractivity contribution in [1.82, 2.24) is 10.3 Å². The number of aromatic nitrogens is 1. The molecule has 0 fully saturated rings. The molecule has 0 saturated carbocycles. The molecule has 0 bridgehead atoms. The molecule has 2 heteroatoms. The predicted octanol–water partition coefficient (Wildman–Crippen LogP) is 3.69. The molecule has 110 valence electrons. The molecule has 0 aliphatic heterocycles. The molecule has 1 unspecified atom stereocenters. The zero-order valence-corrected chi connectivity index (χ0v) is 13.2. The average molecular weight is 280 g/mol. The molecule has 2 nitrogen and oxygen atoms in total. The monoisotopic (exact) mass is 280 g/mol. The first-order valence-electron chi connectivity index (χ1n) is 7.88. The number of aryl methyl sites for hydroxylation is 4. The van der Waals surface area contributed by atoms with Gasteiger partial charge in [0, 0.05) is 6.20 Å². The Morgan fingerprint density at radius 1 is 1.14 bits per heavy atom. The van der Waals surface area contributed by atoms with E-state index in [-0.39, 0.29) is 6.04 Å². The van der Waals surface area contributed by atoms with Gasteiger partial charge in [-0.05, 0) is 74.4 Å². The van der Waals surface area contributed by atoms with Crippen LogP contribution in [-0.2, 0) is 19.3 Å². The Bertz CT molecular complexity index is 646. The van der Waals surface area contributed by atoms with Crippen LogP contribution >= 0.6 is 0 Å². The second-order valence-electron chi connectivity index (χ2n) is 6.22. The summed E-state index contributed by atoms with van der Waals surface area (Å²) in [5, 5.41) is 3.43. The van der Waals surface area contributed by atoms with Crippen molar-refractivity contribution < 1.29 is 0 Å². The van der Waals surface area contributed by atoms with Gasteiger partial charge in [-0.25, -0.2) is 0 Å². The number of rotatable bonds is 4. The van der Waals surface area contributed by atoms with Crippen LogP contribution in [0.15, 0.2) is 30.5 Å². The molecular weight excluding hydrogens is 256 g/mol. The van der Waals surface area contributed by atoms with E-state index in [9.17, 15) is 0 Å². The third-order valence-corrected chi connectivity index (χ3v) is 4.54. The van der Waals surface area contributed by atoms with Crippen molar-refractivity contribution in [2.24, 2.45) is 0 Å². The van der Waals surface area contributed by atoms with Gasteiger partial charge in [-0.1, -0.05) is 24.3 Å². The molecule has 3 rings (SSSR count). The summed E-state index contributed by atoms with van der Waals surface area (Å²) in [4.78, 5) is 4.66. The van der Waals surface area contributed by atoms with E-state index in [2.05, 4.69) is 48.4 Å². The molecule has 1 aliphatic carbocycles. The van der Waals surface area contributed by atoms with Crippen molar-refractivity contribution in [1.29, 1.82) is 0 Å². The molecule has 21 heavy (non-hydrogen) atoms. The van der Waals surface area contributed by atoms with E-state index >= 15 is 0 Å². The number of hydrogen-bond acceptors (Lipinski definition) is 2. The van der Waals surface area contributed by atoms with Crippen molar-refractivity contribution in [2.45, 2.75) is 45.6 Å². The van der Waals surface area contributed by atoms with Crippen molar-refractivity contribution in [2.75, 3.05) is 7.05 Å². The topological polar surface area (TPSA) is 24.9 Å². The van der Waals surface area contributed by atoms with Gasteiger partial charge in [0.1, 0.15) is 0 Å². The van der Waals surface area contributed by atoms with Crippen LogP contribution in [0.2, 0.25) is 0 Å². The van der Waals surface area contributed by atoms with E-state index in [0.717, 1.165) is 6.42 Å². The van der Waals surface area contributed by atoms with E-state index < -0.39 is 0 Å². The van der Waals surface area contributed by atoms with Crippen LogP contribution in [-0.4, -0.2) is 12.0 Å². The summed E-state index contributed by atoms with van der Waals surface area (Å²) in [5.74, 6) is 0. The summed E-state index contributed by atoms with van der Waals surface area (Å²) in [6, 6.07) is 9.51. The molecule has 1 atom stereocenters. The molecule has 2 aromatic rings. The second kappa shape index (κ2) is 5.98. The smallest absolute Gasteiger partial charge is 0.0605 e. The predicted molar refractivity (Wildman–Crippen MR) is 87.7 cm³/mol. The highest BCUT2D eigenvalue weighted by molar-refractivity contribution is 5.36. The Hall–Kier alpha value is -1.67. The Balaban J connectivity index is 1.84. The standard InChI is InChI=1S/C19H24N2/c1-13-9-14(2)19(21-12-13)18(20-3)11-15-7-8-16-5-4-6-17(16)10-15/h7-10,12,18,20H,4-6,11H2,1-3H3. The van der Waals surface area contributed by atoms with E-state index in [1.165, 1.54) is 41.6 Å². The van der Waals surface area contributed by atoms with Crippen LogP contribution in [0.3, 0.4) is 0 Å². The lowest BCUT2D eigenvalue weighted by Gasteiger charge is -2.18. The molecule has 0 saturated heterocycles. The van der Waals surface area contributed by atoms with Crippen molar-refractivity contribution >= 4 is 0 Å². The molecule has 0 spiro atoms. The number of nitrogens with zero attached hydrogens (tertiary/aromatic N) is 1. The van der Waals surface area contributed by atoms with Crippen LogP contribution < -0.4 is 5.32 Å². The maximum atomic E-state index is 4.66. The van der Waals surface area contributed by atoms with E-state index in [1.807, 2.05) is 13.2 Å². The first kappa shape index (κ1) is 14.3. The number of fused-ring (bicyclic) bond motifs is 1. The van der Waals surface area contributed by atoms with Crippen molar-refractivity contribution in [3.63, 3.8) is 0 Å². The van der Waals surface area contributed by atoms with Crippen LogP contribution in [0.1, 0.15) is 46.0 Å². The highest BCUT2D eigenvalue weighted by Gasteiger charge is 2.16. The van der Waals surface area contributed by atoms with Gasteiger partial charge in [-0.2, -0.15) is 0 Å². The Morgan fingerprint density at radius 3 is 2.71 bits per heavy atom. The SMILES string of the molecule is CNC(Cc1ccc2c(c1)CCC2)c1ncc(C)cc1C. The minimum absolute atomic E-state index is 0.282. The third kappa shape index (κ3) is 3.01. The van der Waals surface area contributed by atoms with Crippen molar-refractivity contribution in [3.05, 3.63) is 64.0 Å². The van der Waals surface area contributed by atoms with Gasteiger partial charge in [0.2, 0.25) is 0 Å². The third-order valence-electron chi connectivity index (χ3n) is 4.54. The van der Waals surface area contributed by atoms with Gasteiger partial charge in [-0.15, -0.1) is 0 Å². The normalized spacial score (nSPS) is 15.0. The van der Waals surface area contributed by atoms with Gasteiger partial charge < -0.3 is 5.32 Å². The molecule has 1 N–H and O–H groups in total. The van der Waals surface area contributed by atoms with E-state index in [4.69, 9.17) is 0 Å². The van der Waals surface area contributed by atoms with Crippen LogP contribution in [0.25, 0.3) is 0 Å². The average Bonchev–Trinajstić information content (AvgIpc) is 2.93. The summed E-state index contributed by atoms with van der Waals surface area (Å²) in [5.41, 5.74) is 8.18. The molecule has 1 aromatic carbocycles. The lowest BCUT2D eigenvalue weighted by molar-refractivity contribution is 0.572. The lowest BCUT2D eigenvalue weighted by atomic mass is 9.97. The lowest BCUT2D eigenvalue weighted by Crippen LogP contribution is -2.21. The first-order valence-corrected chi connectivity index (χ1v) is 7.88. The summed E-state index contributed by atoms with van der Waals surface area (Å²) >= 11 is 0. The first-order chi connectivity index (χ1) is 10.2. The minimum atomic E-state index is 0.282. The minimum Gasteiger partial charge on any atom is -0.311 e. The van der Waals surface area contributed by atoms with Crippen LogP contribution in [0, 0.1) is 13.8 Å². The quantitative estimate of drug-likeness (QED) is 0.924. The maximum Gasteiger partial charge on any atom is 0.0605 e. The molecule has 1 aliphatic rings. The summed E-state index contributed by atoms with van der Waals surface area (Å²) in [7, 11) is 2.03. The van der Waals surface area contributed by atoms with Crippen LogP contribution in [0.4, 0.5) is 0 Å². The fourth-order valence-corrected chi connectivity index (χ4v) is 3.41. The zero-order valence-electron chi connectivity index (χ0n) is 13.2. The highest BCUT2D eigenvalue weighted by Crippen LogP contribution is 2.26. The highest BCUT2D eigenvalue weighted by atomic mass is 14.9. The molecular formula is C19H24N2. The number of pyridine rings is 1. The van der Waals surface area contributed by atoms with Gasteiger partial charge >= 0.3 is 0 Å². The number of likely N-dealkylation sites (N-methyl/N-ethyl adjacent to an activating group) is 1. The zero-order chi connectivity index (χ0) is 14.8. The molecule has 0 radical (unpaired) electrons. The Morgan fingerprint density at radius 2 is 1.95 bits per heavy atom. The van der Waals surface area contributed by atoms with E-state index in [0.29, 0.717) is 0 Å². The fraction of sp³-hybridized carbons (Fsp3) is 0.421. The largest absolute Gasteiger partial charge is 0.311 e. The number of nitrogens with one attached hydrogen (secondary N) is 1. The number of benzene rings is 1. The van der Waals surface area contributed by atoms with Gasteiger partial charge in [0.25, 0.3) is 0 Å². The molecule has 1 aromatic heterocycles. The molecule has 0 amide bonds. The second-order valence-corrected chi connectivity index (χ2v) is 6.22. The number of hydrogen-bond donors (Lipinski definition) is 1. The van der Waals surface area contributed by atoms with Gasteiger partial charge in [0.15, 0.2) is 0 Å². The van der Waals surface area contributed by atoms with Gasteiger partial charge in [0.05, 0.1) is 11.7 Å². The fourth-order valence-electron chi connectivity index (χ4n) is 3.41. The van der Waals surface area contributed by atoms with E-state index in [1.54, 1.807) is 11.1 Å². The maximum absolute atomic E-state index is 4.66.